The highest BCUT2D eigenvalue weighted by atomic mass is 32.1. The molecule has 0 unspecified atom stereocenters. The number of amidine groups is 1. The molecule has 1 aromatic rings. The lowest BCUT2D eigenvalue weighted by atomic mass is 10.4. The molecule has 0 saturated heterocycles. The lowest BCUT2D eigenvalue weighted by Crippen LogP contribution is -2.32. The van der Waals surface area contributed by atoms with Crippen molar-refractivity contribution in [2.24, 2.45) is 4.99 Å². The average Bonchev–Trinajstić information content (AvgIpc) is 2.88. The number of nitrogens with zero attached hydrogens (tertiary/aromatic N) is 1. The second-order valence-corrected chi connectivity index (χ2v) is 4.35. The molecular formula is C12H18N2O3S. The summed E-state index contributed by atoms with van der Waals surface area (Å²) in [4.78, 5) is 16.6. The van der Waals surface area contributed by atoms with Crippen LogP contribution in [0.15, 0.2) is 22.5 Å². The van der Waals surface area contributed by atoms with Crippen LogP contribution in [0.25, 0.3) is 0 Å². The summed E-state index contributed by atoms with van der Waals surface area (Å²) in [6.45, 7) is 3.52. The summed E-state index contributed by atoms with van der Waals surface area (Å²) in [6, 6.07) is 3.86. The van der Waals surface area contributed by atoms with Crippen molar-refractivity contribution in [3.8, 4) is 0 Å². The quantitative estimate of drug-likeness (QED) is 0.488. The van der Waals surface area contributed by atoms with Gasteiger partial charge in [0.2, 0.25) is 0 Å². The second kappa shape index (κ2) is 8.66. The predicted molar refractivity (Wildman–Crippen MR) is 72.2 cm³/mol. The standard InChI is InChI=1S/C12H18N2O3S/c1-3-17-12(13-7-5-8-16-2)14-11(15)10-6-4-9-18-10/h4,6,9H,3,5,7-8H2,1-2H3,(H,13,14,15). The molecule has 1 aromatic heterocycles. The van der Waals surface area contributed by atoms with E-state index < -0.39 is 0 Å². The van der Waals surface area contributed by atoms with Crippen LogP contribution in [0.1, 0.15) is 23.0 Å². The third kappa shape index (κ3) is 5.29. The monoisotopic (exact) mass is 270 g/mol. The number of rotatable bonds is 6. The zero-order valence-electron chi connectivity index (χ0n) is 10.6. The lowest BCUT2D eigenvalue weighted by molar-refractivity contribution is 0.0970. The molecule has 18 heavy (non-hydrogen) atoms. The zero-order valence-corrected chi connectivity index (χ0v) is 11.5. The van der Waals surface area contributed by atoms with Gasteiger partial charge >= 0.3 is 0 Å². The summed E-state index contributed by atoms with van der Waals surface area (Å²) < 4.78 is 10.2. The van der Waals surface area contributed by atoms with Gasteiger partial charge in [0.15, 0.2) is 0 Å². The van der Waals surface area contributed by atoms with E-state index in [9.17, 15) is 4.79 Å². The van der Waals surface area contributed by atoms with Crippen molar-refractivity contribution in [1.29, 1.82) is 0 Å². The van der Waals surface area contributed by atoms with E-state index in [0.717, 1.165) is 6.42 Å². The summed E-state index contributed by atoms with van der Waals surface area (Å²) in [6.07, 6.45) is 0.794. The van der Waals surface area contributed by atoms with Gasteiger partial charge in [-0.15, -0.1) is 11.3 Å². The number of thiophene rings is 1. The van der Waals surface area contributed by atoms with Gasteiger partial charge in [0.05, 0.1) is 11.5 Å². The maximum Gasteiger partial charge on any atom is 0.291 e. The van der Waals surface area contributed by atoms with Gasteiger partial charge < -0.3 is 9.47 Å². The van der Waals surface area contributed by atoms with Crippen LogP contribution in [0, 0.1) is 0 Å². The summed E-state index contributed by atoms with van der Waals surface area (Å²) in [5.41, 5.74) is 0. The Bertz CT molecular complexity index is 377. The van der Waals surface area contributed by atoms with Crippen LogP contribution in [-0.4, -0.2) is 38.8 Å². The number of ether oxygens (including phenoxy) is 2. The Labute approximate surface area is 111 Å². The summed E-state index contributed by atoms with van der Waals surface area (Å²) >= 11 is 1.38. The Morgan fingerprint density at radius 1 is 1.56 bits per heavy atom. The molecule has 0 aliphatic rings. The second-order valence-electron chi connectivity index (χ2n) is 3.40. The molecule has 1 amide bonds. The van der Waals surface area contributed by atoms with E-state index >= 15 is 0 Å². The molecule has 1 N–H and O–H groups in total. The van der Waals surface area contributed by atoms with E-state index in [4.69, 9.17) is 9.47 Å². The SMILES string of the molecule is CCOC(=NCCCOC)NC(=O)c1cccs1. The first kappa shape index (κ1) is 14.7. The van der Waals surface area contributed by atoms with Gasteiger partial charge in [-0.2, -0.15) is 0 Å². The van der Waals surface area contributed by atoms with Crippen LogP contribution in [0.4, 0.5) is 0 Å². The molecular weight excluding hydrogens is 252 g/mol. The van der Waals surface area contributed by atoms with E-state index in [1.165, 1.54) is 11.3 Å². The number of hydrogen-bond donors (Lipinski definition) is 1. The molecule has 0 bridgehead atoms. The van der Waals surface area contributed by atoms with Crippen LogP contribution in [0.3, 0.4) is 0 Å². The molecule has 100 valence electrons. The van der Waals surface area contributed by atoms with Gasteiger partial charge in [0.1, 0.15) is 0 Å². The number of carbonyl (C=O) groups excluding carboxylic acids is 1. The Balaban J connectivity index is 2.48. The number of aliphatic imine (C=N–C) groups is 1. The largest absolute Gasteiger partial charge is 0.465 e. The van der Waals surface area contributed by atoms with Crippen molar-refractivity contribution in [3.05, 3.63) is 22.4 Å². The molecule has 0 atom stereocenters. The number of nitrogens with one attached hydrogen (secondary N) is 1. The topological polar surface area (TPSA) is 59.9 Å². The Hall–Kier alpha value is -1.40. The van der Waals surface area contributed by atoms with E-state index in [1.54, 1.807) is 13.2 Å². The van der Waals surface area contributed by atoms with Crippen molar-refractivity contribution in [2.45, 2.75) is 13.3 Å². The maximum absolute atomic E-state index is 11.8. The third-order valence-electron chi connectivity index (χ3n) is 2.01. The van der Waals surface area contributed by atoms with Crippen molar-refractivity contribution in [2.75, 3.05) is 26.9 Å². The Kier molecular flexibility index (Phi) is 7.05. The molecule has 0 aliphatic carbocycles. The summed E-state index contributed by atoms with van der Waals surface area (Å²) in [7, 11) is 1.64. The van der Waals surface area contributed by atoms with Gasteiger partial charge in [-0.1, -0.05) is 6.07 Å². The first-order valence-electron chi connectivity index (χ1n) is 5.79. The van der Waals surface area contributed by atoms with Gasteiger partial charge in [-0.05, 0) is 24.8 Å². The van der Waals surface area contributed by atoms with Gasteiger partial charge in [-0.25, -0.2) is 4.99 Å². The highest BCUT2D eigenvalue weighted by Crippen LogP contribution is 2.07. The minimum absolute atomic E-state index is 0.191. The first-order chi connectivity index (χ1) is 8.77. The van der Waals surface area contributed by atoms with Gasteiger partial charge in [0, 0.05) is 20.3 Å². The highest BCUT2D eigenvalue weighted by Gasteiger charge is 2.09. The van der Waals surface area contributed by atoms with Crippen molar-refractivity contribution < 1.29 is 14.3 Å². The minimum atomic E-state index is -0.191. The van der Waals surface area contributed by atoms with Crippen molar-refractivity contribution in [3.63, 3.8) is 0 Å². The fraction of sp³-hybridized carbons (Fsp3) is 0.500. The van der Waals surface area contributed by atoms with Crippen molar-refractivity contribution in [1.82, 2.24) is 5.32 Å². The maximum atomic E-state index is 11.8. The molecule has 0 fully saturated rings. The van der Waals surface area contributed by atoms with Gasteiger partial charge in [-0.3, -0.25) is 10.1 Å². The van der Waals surface area contributed by atoms with Gasteiger partial charge in [0.25, 0.3) is 11.9 Å². The first-order valence-corrected chi connectivity index (χ1v) is 6.67. The van der Waals surface area contributed by atoms with Crippen LogP contribution in [0.5, 0.6) is 0 Å². The fourth-order valence-electron chi connectivity index (χ4n) is 1.21. The highest BCUT2D eigenvalue weighted by molar-refractivity contribution is 7.12. The molecule has 1 heterocycles. The van der Waals surface area contributed by atoms with Crippen LogP contribution in [0.2, 0.25) is 0 Å². The summed E-state index contributed by atoms with van der Waals surface area (Å²) in [5, 5.41) is 4.51. The molecule has 5 nitrogen and oxygen atoms in total. The normalized spacial score (nSPS) is 11.3. The fourth-order valence-corrected chi connectivity index (χ4v) is 1.83. The molecule has 0 radical (unpaired) electrons. The van der Waals surface area contributed by atoms with Crippen LogP contribution < -0.4 is 5.32 Å². The molecule has 0 aliphatic heterocycles. The minimum Gasteiger partial charge on any atom is -0.465 e. The van der Waals surface area contributed by atoms with Crippen LogP contribution in [-0.2, 0) is 9.47 Å². The number of carbonyl (C=O) groups is 1. The molecule has 0 saturated carbocycles. The van der Waals surface area contributed by atoms with E-state index in [-0.39, 0.29) is 11.9 Å². The zero-order chi connectivity index (χ0) is 13.2. The van der Waals surface area contributed by atoms with E-state index in [0.29, 0.717) is 24.6 Å². The smallest absolute Gasteiger partial charge is 0.291 e. The van der Waals surface area contributed by atoms with Crippen molar-refractivity contribution >= 4 is 23.3 Å². The van der Waals surface area contributed by atoms with Crippen LogP contribution >= 0.6 is 11.3 Å². The Morgan fingerprint density at radius 3 is 3.00 bits per heavy atom. The lowest BCUT2D eigenvalue weighted by Gasteiger charge is -2.08. The number of hydrogen-bond acceptors (Lipinski definition) is 5. The molecule has 0 aromatic carbocycles. The molecule has 6 heteroatoms. The predicted octanol–water partition coefficient (Wildman–Crippen LogP) is 1.91. The Morgan fingerprint density at radius 2 is 2.39 bits per heavy atom. The van der Waals surface area contributed by atoms with E-state index in [2.05, 4.69) is 10.3 Å². The molecule has 0 spiro atoms. The average molecular weight is 270 g/mol. The number of amides is 1. The summed E-state index contributed by atoms with van der Waals surface area (Å²) in [5.74, 6) is -0.191. The molecule has 1 rings (SSSR count). The third-order valence-corrected chi connectivity index (χ3v) is 2.88. The van der Waals surface area contributed by atoms with E-state index in [1.807, 2.05) is 18.4 Å². The number of methoxy groups -OCH3 is 1.